The molecule has 0 spiro atoms. The van der Waals surface area contributed by atoms with E-state index < -0.39 is 5.60 Å². The van der Waals surface area contributed by atoms with E-state index in [1.165, 1.54) is 0 Å². The fourth-order valence-corrected chi connectivity index (χ4v) is 3.02. The Morgan fingerprint density at radius 3 is 2.29 bits per heavy atom. The average molecular weight is 410 g/mol. The van der Waals surface area contributed by atoms with E-state index in [0.29, 0.717) is 30.2 Å². The van der Waals surface area contributed by atoms with Crippen molar-refractivity contribution in [3.8, 4) is 0 Å². The lowest BCUT2D eigenvalue weighted by Crippen LogP contribution is -2.42. The molecule has 0 aliphatic carbocycles. The van der Waals surface area contributed by atoms with Crippen molar-refractivity contribution in [1.29, 1.82) is 0 Å². The molecule has 1 aromatic carbocycles. The Morgan fingerprint density at radius 1 is 1.11 bits per heavy atom. The third-order valence-corrected chi connectivity index (χ3v) is 4.57. The normalized spacial score (nSPS) is 15.1. The predicted molar refractivity (Wildman–Crippen MR) is 108 cm³/mol. The van der Waals surface area contributed by atoms with Crippen molar-refractivity contribution < 1.29 is 19.1 Å². The van der Waals surface area contributed by atoms with E-state index in [1.807, 2.05) is 20.8 Å². The minimum atomic E-state index is -0.513. The molecular weight excluding hydrogens is 382 g/mol. The van der Waals surface area contributed by atoms with E-state index in [0.717, 1.165) is 12.8 Å². The van der Waals surface area contributed by atoms with E-state index in [9.17, 15) is 14.4 Å². The van der Waals surface area contributed by atoms with Crippen molar-refractivity contribution in [2.24, 2.45) is 5.92 Å². The molecule has 1 saturated heterocycles. The van der Waals surface area contributed by atoms with Crippen LogP contribution in [0.2, 0.25) is 5.02 Å². The standard InChI is InChI=1S/C20H28ClN3O4/c1-20(2,3)28-19(27)24-10-8-14(9-11-24)12-17(25)22-13-18(26)23-16-6-4-15(21)5-7-16/h4-7,14H,8-13H2,1-3H3,(H,22,25)(H,23,26). The first kappa shape index (κ1) is 22.0. The highest BCUT2D eigenvalue weighted by molar-refractivity contribution is 6.30. The zero-order valence-corrected chi connectivity index (χ0v) is 17.3. The summed E-state index contributed by atoms with van der Waals surface area (Å²) in [5.74, 6) is -0.268. The molecule has 154 valence electrons. The molecule has 1 fully saturated rings. The molecule has 1 aliphatic rings. The summed E-state index contributed by atoms with van der Waals surface area (Å²) in [5, 5.41) is 5.93. The first-order valence-corrected chi connectivity index (χ1v) is 9.80. The quantitative estimate of drug-likeness (QED) is 0.779. The maximum absolute atomic E-state index is 12.1. The third-order valence-electron chi connectivity index (χ3n) is 4.31. The second kappa shape index (κ2) is 9.78. The number of hydrogen-bond acceptors (Lipinski definition) is 4. The van der Waals surface area contributed by atoms with Crippen molar-refractivity contribution >= 4 is 35.2 Å². The number of nitrogens with zero attached hydrogens (tertiary/aromatic N) is 1. The molecular formula is C20H28ClN3O4. The topological polar surface area (TPSA) is 87.7 Å². The minimum Gasteiger partial charge on any atom is -0.444 e. The Morgan fingerprint density at radius 2 is 1.71 bits per heavy atom. The summed E-state index contributed by atoms with van der Waals surface area (Å²) >= 11 is 5.80. The van der Waals surface area contributed by atoms with Crippen LogP contribution in [0.1, 0.15) is 40.0 Å². The number of hydrogen-bond donors (Lipinski definition) is 2. The molecule has 0 aromatic heterocycles. The lowest BCUT2D eigenvalue weighted by molar-refractivity contribution is -0.125. The summed E-state index contributed by atoms with van der Waals surface area (Å²) in [7, 11) is 0. The highest BCUT2D eigenvalue weighted by Gasteiger charge is 2.27. The maximum atomic E-state index is 12.1. The number of benzene rings is 1. The molecule has 1 aromatic rings. The monoisotopic (exact) mass is 409 g/mol. The number of carbonyl (C=O) groups excluding carboxylic acids is 3. The first-order chi connectivity index (χ1) is 13.1. The van der Waals surface area contributed by atoms with Crippen LogP contribution in [-0.2, 0) is 14.3 Å². The minimum absolute atomic E-state index is 0.0851. The predicted octanol–water partition coefficient (Wildman–Crippen LogP) is 3.43. The van der Waals surface area contributed by atoms with Gasteiger partial charge in [0.05, 0.1) is 6.54 Å². The number of piperidine rings is 1. The number of rotatable bonds is 5. The van der Waals surface area contributed by atoms with Gasteiger partial charge < -0.3 is 20.3 Å². The van der Waals surface area contributed by atoms with Gasteiger partial charge in [-0.25, -0.2) is 4.79 Å². The smallest absolute Gasteiger partial charge is 0.410 e. The summed E-state index contributed by atoms with van der Waals surface area (Å²) < 4.78 is 5.37. The van der Waals surface area contributed by atoms with Crippen LogP contribution in [0.4, 0.5) is 10.5 Å². The summed E-state index contributed by atoms with van der Waals surface area (Å²) in [6, 6.07) is 6.75. The van der Waals surface area contributed by atoms with Crippen molar-refractivity contribution in [3.63, 3.8) is 0 Å². The lowest BCUT2D eigenvalue weighted by atomic mass is 9.93. The Hall–Kier alpha value is -2.28. The lowest BCUT2D eigenvalue weighted by Gasteiger charge is -2.33. The molecule has 0 unspecified atom stereocenters. The second-order valence-corrected chi connectivity index (χ2v) is 8.38. The van der Waals surface area contributed by atoms with Crippen molar-refractivity contribution in [3.05, 3.63) is 29.3 Å². The molecule has 0 radical (unpaired) electrons. The Bertz CT molecular complexity index is 692. The molecule has 7 nitrogen and oxygen atoms in total. The van der Waals surface area contributed by atoms with Gasteiger partial charge in [-0.05, 0) is 63.8 Å². The van der Waals surface area contributed by atoms with Crippen molar-refractivity contribution in [1.82, 2.24) is 10.2 Å². The zero-order chi connectivity index (χ0) is 20.7. The van der Waals surface area contributed by atoms with E-state index in [1.54, 1.807) is 29.2 Å². The summed E-state index contributed by atoms with van der Waals surface area (Å²) in [6.45, 7) is 6.58. The van der Waals surface area contributed by atoms with Crippen LogP contribution in [0, 0.1) is 5.92 Å². The Balaban J connectivity index is 1.66. The van der Waals surface area contributed by atoms with Crippen LogP contribution in [0.3, 0.4) is 0 Å². The SMILES string of the molecule is CC(C)(C)OC(=O)N1CCC(CC(=O)NCC(=O)Nc2ccc(Cl)cc2)CC1. The van der Waals surface area contributed by atoms with E-state index in [4.69, 9.17) is 16.3 Å². The molecule has 0 atom stereocenters. The highest BCUT2D eigenvalue weighted by atomic mass is 35.5. The molecule has 28 heavy (non-hydrogen) atoms. The van der Waals surface area contributed by atoms with Gasteiger partial charge in [-0.2, -0.15) is 0 Å². The van der Waals surface area contributed by atoms with Crippen LogP contribution in [0.5, 0.6) is 0 Å². The van der Waals surface area contributed by atoms with E-state index >= 15 is 0 Å². The van der Waals surface area contributed by atoms with Crippen LogP contribution in [0.15, 0.2) is 24.3 Å². The fraction of sp³-hybridized carbons (Fsp3) is 0.550. The Kier molecular flexibility index (Phi) is 7.69. The molecule has 2 rings (SSSR count). The number of nitrogens with one attached hydrogen (secondary N) is 2. The maximum Gasteiger partial charge on any atom is 0.410 e. The van der Waals surface area contributed by atoms with Gasteiger partial charge in [-0.15, -0.1) is 0 Å². The molecule has 1 aliphatic heterocycles. The van der Waals surface area contributed by atoms with Gasteiger partial charge in [0.1, 0.15) is 5.60 Å². The molecule has 1 heterocycles. The van der Waals surface area contributed by atoms with E-state index in [2.05, 4.69) is 10.6 Å². The van der Waals surface area contributed by atoms with Crippen LogP contribution >= 0.6 is 11.6 Å². The number of halogens is 1. The van der Waals surface area contributed by atoms with Crippen molar-refractivity contribution in [2.45, 2.75) is 45.6 Å². The molecule has 3 amide bonds. The van der Waals surface area contributed by atoms with Crippen molar-refractivity contribution in [2.75, 3.05) is 25.0 Å². The third kappa shape index (κ3) is 7.76. The number of anilines is 1. The molecule has 0 bridgehead atoms. The Labute approximate surface area is 170 Å². The second-order valence-electron chi connectivity index (χ2n) is 7.95. The largest absolute Gasteiger partial charge is 0.444 e. The van der Waals surface area contributed by atoms with Gasteiger partial charge in [0, 0.05) is 30.2 Å². The molecule has 2 N–H and O–H groups in total. The van der Waals surface area contributed by atoms with Crippen LogP contribution < -0.4 is 10.6 Å². The van der Waals surface area contributed by atoms with E-state index in [-0.39, 0.29) is 30.4 Å². The molecule has 0 saturated carbocycles. The average Bonchev–Trinajstić information content (AvgIpc) is 2.61. The van der Waals surface area contributed by atoms with Gasteiger partial charge in [-0.3, -0.25) is 9.59 Å². The fourth-order valence-electron chi connectivity index (χ4n) is 2.90. The number of carbonyl (C=O) groups is 3. The van der Waals surface area contributed by atoms with Crippen LogP contribution in [0.25, 0.3) is 0 Å². The number of likely N-dealkylation sites (tertiary alicyclic amines) is 1. The highest BCUT2D eigenvalue weighted by Crippen LogP contribution is 2.22. The molecule has 8 heteroatoms. The van der Waals surface area contributed by atoms with Gasteiger partial charge in [0.15, 0.2) is 0 Å². The van der Waals surface area contributed by atoms with Gasteiger partial charge in [-0.1, -0.05) is 11.6 Å². The van der Waals surface area contributed by atoms with Gasteiger partial charge in [0.2, 0.25) is 11.8 Å². The number of amides is 3. The number of ether oxygens (including phenoxy) is 1. The summed E-state index contributed by atoms with van der Waals surface area (Å²) in [6.07, 6.45) is 1.51. The van der Waals surface area contributed by atoms with Crippen LogP contribution in [-0.4, -0.2) is 48.0 Å². The zero-order valence-electron chi connectivity index (χ0n) is 16.6. The first-order valence-electron chi connectivity index (χ1n) is 9.42. The van der Waals surface area contributed by atoms with Gasteiger partial charge >= 0.3 is 6.09 Å². The summed E-state index contributed by atoms with van der Waals surface area (Å²) in [4.78, 5) is 37.8. The van der Waals surface area contributed by atoms with Gasteiger partial charge in [0.25, 0.3) is 0 Å². The summed E-state index contributed by atoms with van der Waals surface area (Å²) in [5.41, 5.74) is 0.110.